The van der Waals surface area contributed by atoms with Gasteiger partial charge in [0.25, 0.3) is 0 Å². The number of aromatic nitrogens is 1. The molecule has 3 amide bonds. The predicted octanol–water partition coefficient (Wildman–Crippen LogP) is 2.14. The Morgan fingerprint density at radius 3 is 2.72 bits per heavy atom. The maximum Gasteiger partial charge on any atom is 0.318 e. The van der Waals surface area contributed by atoms with Crippen LogP contribution >= 0.6 is 0 Å². The molecule has 0 spiro atoms. The molecule has 2 fully saturated rings. The van der Waals surface area contributed by atoms with Crippen LogP contribution in [0.15, 0.2) is 16.9 Å². The molecule has 0 radical (unpaired) electrons. The number of hydrogen-bond acceptors (Lipinski definition) is 5. The average molecular weight is 350 g/mol. The molecular formula is C17H26N4O4. The molecule has 8 heteroatoms. The summed E-state index contributed by atoms with van der Waals surface area (Å²) in [7, 11) is 0. The predicted molar refractivity (Wildman–Crippen MR) is 91.1 cm³/mol. The molecule has 1 aliphatic carbocycles. The fourth-order valence-electron chi connectivity index (χ4n) is 3.40. The van der Waals surface area contributed by atoms with Gasteiger partial charge in [-0.2, -0.15) is 0 Å². The van der Waals surface area contributed by atoms with Crippen LogP contribution in [0.25, 0.3) is 0 Å². The quantitative estimate of drug-likeness (QED) is 0.819. The first kappa shape index (κ1) is 17.7. The highest BCUT2D eigenvalue weighted by atomic mass is 16.5. The van der Waals surface area contributed by atoms with Crippen molar-refractivity contribution in [3.8, 4) is 0 Å². The maximum atomic E-state index is 12.7. The molecule has 1 unspecified atom stereocenters. The number of carbonyl (C=O) groups is 2. The van der Waals surface area contributed by atoms with E-state index in [9.17, 15) is 9.59 Å². The molecule has 0 bridgehead atoms. The number of carbonyl (C=O) groups excluding carboxylic acids is 2. The van der Waals surface area contributed by atoms with Gasteiger partial charge in [0.05, 0.1) is 6.10 Å². The third-order valence-corrected chi connectivity index (χ3v) is 4.71. The van der Waals surface area contributed by atoms with Gasteiger partial charge in [-0.15, -0.1) is 0 Å². The minimum atomic E-state index is -0.300. The number of nitrogens with zero attached hydrogens (tertiary/aromatic N) is 2. The molecule has 1 aromatic rings. The van der Waals surface area contributed by atoms with Gasteiger partial charge in [0.15, 0.2) is 5.82 Å². The number of amides is 3. The zero-order valence-corrected chi connectivity index (χ0v) is 14.4. The monoisotopic (exact) mass is 350 g/mol. The Hall–Kier alpha value is -2.09. The summed E-state index contributed by atoms with van der Waals surface area (Å²) in [5.41, 5.74) is 0. The summed E-state index contributed by atoms with van der Waals surface area (Å²) in [5, 5.41) is 9.36. The topological polar surface area (TPSA) is 96.7 Å². The SMILES string of the molecule is O=C(CN(CC1CCCO1)C(=O)NC1CCCCC1)Nc1ccon1. The molecular weight excluding hydrogens is 324 g/mol. The Bertz CT molecular complexity index is 551. The van der Waals surface area contributed by atoms with Crippen molar-refractivity contribution in [1.82, 2.24) is 15.4 Å². The summed E-state index contributed by atoms with van der Waals surface area (Å²) in [4.78, 5) is 26.5. The van der Waals surface area contributed by atoms with Crippen LogP contribution in [-0.2, 0) is 9.53 Å². The van der Waals surface area contributed by atoms with Gasteiger partial charge in [-0.1, -0.05) is 24.4 Å². The van der Waals surface area contributed by atoms with Crippen molar-refractivity contribution in [1.29, 1.82) is 0 Å². The van der Waals surface area contributed by atoms with Gasteiger partial charge in [-0.25, -0.2) is 4.79 Å². The first-order valence-corrected chi connectivity index (χ1v) is 9.08. The summed E-state index contributed by atoms with van der Waals surface area (Å²) in [6.45, 7) is 1.10. The van der Waals surface area contributed by atoms with Gasteiger partial charge in [-0.05, 0) is 25.7 Å². The second-order valence-corrected chi connectivity index (χ2v) is 6.73. The number of rotatable bonds is 6. The second-order valence-electron chi connectivity index (χ2n) is 6.73. The summed E-state index contributed by atoms with van der Waals surface area (Å²) < 4.78 is 10.3. The van der Waals surface area contributed by atoms with Gasteiger partial charge < -0.3 is 24.8 Å². The van der Waals surface area contributed by atoms with Crippen molar-refractivity contribution >= 4 is 17.8 Å². The van der Waals surface area contributed by atoms with Crippen LogP contribution < -0.4 is 10.6 Å². The molecule has 2 aliphatic rings. The van der Waals surface area contributed by atoms with Gasteiger partial charge >= 0.3 is 6.03 Å². The van der Waals surface area contributed by atoms with Gasteiger partial charge in [0, 0.05) is 25.3 Å². The molecule has 2 heterocycles. The molecule has 1 atom stereocenters. The standard InChI is InChI=1S/C17H26N4O4/c22-16(19-15-8-10-25-20-15)12-21(11-14-7-4-9-24-14)17(23)18-13-5-2-1-3-6-13/h8,10,13-14H,1-7,9,11-12H2,(H,18,23)(H,19,20,22). The van der Waals surface area contributed by atoms with Crippen LogP contribution in [0.2, 0.25) is 0 Å². The highest BCUT2D eigenvalue weighted by Gasteiger charge is 2.26. The smallest absolute Gasteiger partial charge is 0.318 e. The summed E-state index contributed by atoms with van der Waals surface area (Å²) in [6, 6.07) is 1.56. The normalized spacial score (nSPS) is 21.0. The lowest BCUT2D eigenvalue weighted by Gasteiger charge is -2.29. The fraction of sp³-hybridized carbons (Fsp3) is 0.706. The third kappa shape index (κ3) is 5.45. The van der Waals surface area contributed by atoms with Crippen molar-refractivity contribution in [3.63, 3.8) is 0 Å². The Labute approximate surface area is 147 Å². The highest BCUT2D eigenvalue weighted by Crippen LogP contribution is 2.18. The maximum absolute atomic E-state index is 12.7. The fourth-order valence-corrected chi connectivity index (χ4v) is 3.40. The molecule has 0 aromatic carbocycles. The van der Waals surface area contributed by atoms with Crippen molar-refractivity contribution in [2.45, 2.75) is 57.1 Å². The lowest BCUT2D eigenvalue weighted by molar-refractivity contribution is -0.117. The highest BCUT2D eigenvalue weighted by molar-refractivity contribution is 5.93. The van der Waals surface area contributed by atoms with Crippen molar-refractivity contribution in [2.24, 2.45) is 0 Å². The third-order valence-electron chi connectivity index (χ3n) is 4.71. The van der Waals surface area contributed by atoms with E-state index < -0.39 is 0 Å². The van der Waals surface area contributed by atoms with Gasteiger partial charge in [-0.3, -0.25) is 4.79 Å². The van der Waals surface area contributed by atoms with Crippen LogP contribution in [0.3, 0.4) is 0 Å². The van der Waals surface area contributed by atoms with E-state index in [0.29, 0.717) is 19.0 Å². The summed E-state index contributed by atoms with van der Waals surface area (Å²) in [6.07, 6.45) is 8.81. The van der Waals surface area contributed by atoms with Crippen LogP contribution in [0, 0.1) is 0 Å². The number of anilines is 1. The van der Waals surface area contributed by atoms with Crippen molar-refractivity contribution in [3.05, 3.63) is 12.3 Å². The minimum absolute atomic E-state index is 0.00282. The zero-order valence-electron chi connectivity index (χ0n) is 14.4. The lowest BCUT2D eigenvalue weighted by Crippen LogP contribution is -2.50. The number of urea groups is 1. The van der Waals surface area contributed by atoms with E-state index in [2.05, 4.69) is 15.8 Å². The van der Waals surface area contributed by atoms with Crippen LogP contribution in [-0.4, -0.2) is 53.8 Å². The van der Waals surface area contributed by atoms with Crippen LogP contribution in [0.4, 0.5) is 10.6 Å². The average Bonchev–Trinajstić information content (AvgIpc) is 3.29. The first-order chi connectivity index (χ1) is 12.2. The summed E-state index contributed by atoms with van der Waals surface area (Å²) >= 11 is 0. The molecule has 25 heavy (non-hydrogen) atoms. The number of nitrogens with one attached hydrogen (secondary N) is 2. The van der Waals surface area contributed by atoms with Crippen molar-refractivity contribution < 1.29 is 18.8 Å². The van der Waals surface area contributed by atoms with E-state index in [0.717, 1.165) is 38.5 Å². The van der Waals surface area contributed by atoms with Gasteiger partial charge in [0.1, 0.15) is 12.8 Å². The molecule has 1 saturated heterocycles. The molecule has 138 valence electrons. The number of hydrogen-bond donors (Lipinski definition) is 2. The van der Waals surface area contributed by atoms with Crippen LogP contribution in [0.5, 0.6) is 0 Å². The minimum Gasteiger partial charge on any atom is -0.376 e. The van der Waals surface area contributed by atoms with Crippen molar-refractivity contribution in [2.75, 3.05) is 25.0 Å². The molecule has 1 aliphatic heterocycles. The first-order valence-electron chi connectivity index (χ1n) is 9.08. The Morgan fingerprint density at radius 1 is 1.20 bits per heavy atom. The second kappa shape index (κ2) is 8.84. The van der Waals surface area contributed by atoms with E-state index in [-0.39, 0.29) is 30.6 Å². The van der Waals surface area contributed by atoms with E-state index in [1.807, 2.05) is 0 Å². The van der Waals surface area contributed by atoms with E-state index in [1.54, 1.807) is 11.0 Å². The summed E-state index contributed by atoms with van der Waals surface area (Å²) in [5.74, 6) is 0.0421. The largest absolute Gasteiger partial charge is 0.376 e. The molecule has 8 nitrogen and oxygen atoms in total. The van der Waals surface area contributed by atoms with Crippen LogP contribution in [0.1, 0.15) is 44.9 Å². The molecule has 2 N–H and O–H groups in total. The lowest BCUT2D eigenvalue weighted by atomic mass is 9.96. The zero-order chi connectivity index (χ0) is 17.5. The molecule has 1 aromatic heterocycles. The molecule has 1 saturated carbocycles. The Morgan fingerprint density at radius 2 is 2.04 bits per heavy atom. The van der Waals surface area contributed by atoms with E-state index >= 15 is 0 Å². The van der Waals surface area contributed by atoms with E-state index in [1.165, 1.54) is 12.7 Å². The Balaban J connectivity index is 1.56. The Kier molecular flexibility index (Phi) is 6.27. The number of ether oxygens (including phenoxy) is 1. The van der Waals surface area contributed by atoms with Gasteiger partial charge in [0.2, 0.25) is 5.91 Å². The molecule has 3 rings (SSSR count). The van der Waals surface area contributed by atoms with E-state index in [4.69, 9.17) is 9.26 Å².